The molecule has 10 heteroatoms. The molecule has 0 atom stereocenters. The van der Waals surface area contributed by atoms with Gasteiger partial charge in [-0.05, 0) is 72.4 Å². The molecule has 1 fully saturated rings. The third-order valence-corrected chi connectivity index (χ3v) is 8.68. The fraction of sp³-hybridized carbons (Fsp3) is 0.182. The number of nitrogens with one attached hydrogen (secondary N) is 1. The third kappa shape index (κ3) is 5.83. The van der Waals surface area contributed by atoms with E-state index in [0.29, 0.717) is 38.6 Å². The maximum Gasteiger partial charge on any atom is 0.255 e. The normalized spacial score (nSPS) is 13.2. The smallest absolute Gasteiger partial charge is 0.255 e. The number of ether oxygens (including phenoxy) is 1. The van der Waals surface area contributed by atoms with Crippen LogP contribution in [0.4, 0.5) is 15.8 Å². The van der Waals surface area contributed by atoms with E-state index in [1.54, 1.807) is 30.3 Å². The summed E-state index contributed by atoms with van der Waals surface area (Å²) in [4.78, 5) is 13.1. The fourth-order valence-electron chi connectivity index (χ4n) is 5.18. The summed E-state index contributed by atoms with van der Waals surface area (Å²) < 4.78 is 55.0. The molecule has 0 saturated heterocycles. The van der Waals surface area contributed by atoms with Crippen LogP contribution < -0.4 is 14.4 Å². The number of benzene rings is 4. The molecule has 7 nitrogen and oxygen atoms in total. The van der Waals surface area contributed by atoms with Crippen molar-refractivity contribution in [1.82, 2.24) is 5.32 Å². The Hall–Kier alpha value is -4.34. The summed E-state index contributed by atoms with van der Waals surface area (Å²) in [5.74, 6) is -0.615. The molecule has 1 aromatic heterocycles. The predicted octanol–water partition coefficient (Wildman–Crippen LogP) is 7.81. The minimum absolute atomic E-state index is 0.00721. The van der Waals surface area contributed by atoms with E-state index in [4.69, 9.17) is 20.8 Å². The first-order chi connectivity index (χ1) is 20.6. The monoisotopic (exact) mass is 618 g/mol. The van der Waals surface area contributed by atoms with Gasteiger partial charge >= 0.3 is 0 Å². The first-order valence-electron chi connectivity index (χ1n) is 13.7. The zero-order valence-corrected chi connectivity index (χ0v) is 25.0. The number of furan rings is 1. The molecule has 1 aliphatic carbocycles. The summed E-state index contributed by atoms with van der Waals surface area (Å²) in [6.45, 7) is 0.164. The molecule has 1 N–H and O–H groups in total. The zero-order chi connectivity index (χ0) is 30.3. The highest BCUT2D eigenvalue weighted by molar-refractivity contribution is 7.92. The van der Waals surface area contributed by atoms with E-state index in [-0.39, 0.29) is 29.9 Å². The molecule has 0 bridgehead atoms. The Morgan fingerprint density at radius 1 is 1.05 bits per heavy atom. The second-order valence-corrected chi connectivity index (χ2v) is 12.8. The van der Waals surface area contributed by atoms with Crippen LogP contribution >= 0.6 is 11.6 Å². The lowest BCUT2D eigenvalue weighted by Gasteiger charge is -2.25. The molecule has 0 aliphatic heterocycles. The second kappa shape index (κ2) is 11.4. The van der Waals surface area contributed by atoms with Gasteiger partial charge in [-0.1, -0.05) is 41.9 Å². The van der Waals surface area contributed by atoms with Gasteiger partial charge in [0.05, 0.1) is 23.2 Å². The number of rotatable bonds is 9. The van der Waals surface area contributed by atoms with E-state index in [0.717, 1.165) is 40.6 Å². The lowest BCUT2D eigenvalue weighted by molar-refractivity contribution is 0.0964. The maximum atomic E-state index is 15.3. The van der Waals surface area contributed by atoms with Gasteiger partial charge in [0.15, 0.2) is 11.6 Å². The number of amides is 1. The molecule has 220 valence electrons. The summed E-state index contributed by atoms with van der Waals surface area (Å²) in [5.41, 5.74) is 3.36. The molecule has 6 rings (SSSR count). The highest BCUT2D eigenvalue weighted by Crippen LogP contribution is 2.49. The van der Waals surface area contributed by atoms with Gasteiger partial charge in [-0.2, -0.15) is 0 Å². The van der Waals surface area contributed by atoms with Crippen molar-refractivity contribution in [2.45, 2.75) is 25.4 Å². The van der Waals surface area contributed by atoms with Crippen molar-refractivity contribution >= 4 is 49.9 Å². The third-order valence-electron chi connectivity index (χ3n) is 7.35. The summed E-state index contributed by atoms with van der Waals surface area (Å²) in [7, 11) is -2.41. The standard InChI is InChI=1S/C33H28ClFN2O5S/c1-36-33(38)31-26-17-25(21-8-9-21)28(18-30(26)42-32(31)22-10-12-23(34)13-11-22)37(43(2,39)40)24-14-15-29(27(35)16-24)41-19-20-6-4-3-5-7-20/h3-7,10-18,21H,8-9,19H2,1-2H3,(H,36,38). The number of sulfonamides is 1. The maximum absolute atomic E-state index is 15.3. The fourth-order valence-corrected chi connectivity index (χ4v) is 6.32. The Bertz CT molecular complexity index is 1940. The van der Waals surface area contributed by atoms with Gasteiger partial charge < -0.3 is 14.5 Å². The first-order valence-corrected chi connectivity index (χ1v) is 15.9. The molecular formula is C33H28ClFN2O5S. The van der Waals surface area contributed by atoms with E-state index in [2.05, 4.69) is 5.32 Å². The predicted molar refractivity (Wildman–Crippen MR) is 166 cm³/mol. The molecule has 5 aromatic rings. The lowest BCUT2D eigenvalue weighted by Crippen LogP contribution is -2.26. The Morgan fingerprint density at radius 3 is 2.40 bits per heavy atom. The first kappa shape index (κ1) is 28.8. The Kier molecular flexibility index (Phi) is 7.62. The number of anilines is 2. The van der Waals surface area contributed by atoms with Crippen LogP contribution in [-0.2, 0) is 16.6 Å². The minimum Gasteiger partial charge on any atom is -0.486 e. The highest BCUT2D eigenvalue weighted by Gasteiger charge is 2.34. The van der Waals surface area contributed by atoms with Crippen molar-refractivity contribution in [3.63, 3.8) is 0 Å². The number of fused-ring (bicyclic) bond motifs is 1. The Morgan fingerprint density at radius 2 is 1.77 bits per heavy atom. The van der Waals surface area contributed by atoms with Gasteiger partial charge in [-0.25, -0.2) is 17.1 Å². The van der Waals surface area contributed by atoms with Crippen LogP contribution in [0.15, 0.2) is 89.3 Å². The average molecular weight is 619 g/mol. The van der Waals surface area contributed by atoms with Crippen LogP contribution in [0.25, 0.3) is 22.3 Å². The van der Waals surface area contributed by atoms with Crippen molar-refractivity contribution in [1.29, 1.82) is 0 Å². The van der Waals surface area contributed by atoms with Crippen LogP contribution in [0.2, 0.25) is 5.02 Å². The summed E-state index contributed by atoms with van der Waals surface area (Å²) >= 11 is 6.09. The number of nitrogens with zero attached hydrogens (tertiary/aromatic N) is 1. The number of carbonyl (C=O) groups excluding carboxylic acids is 1. The van der Waals surface area contributed by atoms with E-state index in [9.17, 15) is 13.2 Å². The van der Waals surface area contributed by atoms with Crippen LogP contribution in [-0.4, -0.2) is 27.6 Å². The molecular weight excluding hydrogens is 591 g/mol. The van der Waals surface area contributed by atoms with Gasteiger partial charge in [-0.3, -0.25) is 4.79 Å². The average Bonchev–Trinajstić information content (AvgIpc) is 3.76. The van der Waals surface area contributed by atoms with Crippen LogP contribution in [0.5, 0.6) is 5.75 Å². The molecule has 0 spiro atoms. The van der Waals surface area contributed by atoms with Crippen LogP contribution in [0.1, 0.15) is 40.2 Å². The van der Waals surface area contributed by atoms with Crippen molar-refractivity contribution < 1.29 is 26.8 Å². The highest BCUT2D eigenvalue weighted by atomic mass is 35.5. The van der Waals surface area contributed by atoms with Crippen LogP contribution in [0.3, 0.4) is 0 Å². The molecule has 0 unspecified atom stereocenters. The second-order valence-electron chi connectivity index (χ2n) is 10.5. The molecule has 4 aromatic carbocycles. The quantitative estimate of drug-likeness (QED) is 0.182. The van der Waals surface area contributed by atoms with Crippen molar-refractivity contribution in [3.8, 4) is 17.1 Å². The SMILES string of the molecule is CNC(=O)c1c(-c2ccc(Cl)cc2)oc2cc(N(c3ccc(OCc4ccccc4)c(F)c3)S(C)(=O)=O)c(C3CC3)cc12. The topological polar surface area (TPSA) is 88.8 Å². The molecule has 43 heavy (non-hydrogen) atoms. The molecule has 1 aliphatic rings. The lowest BCUT2D eigenvalue weighted by atomic mass is 10.00. The summed E-state index contributed by atoms with van der Waals surface area (Å²) in [5, 5.41) is 3.77. The number of hydrogen-bond acceptors (Lipinski definition) is 5. The molecule has 1 saturated carbocycles. The Labute approximate surface area is 253 Å². The van der Waals surface area contributed by atoms with Crippen molar-refractivity contribution in [2.24, 2.45) is 0 Å². The van der Waals surface area contributed by atoms with Crippen LogP contribution in [0, 0.1) is 5.82 Å². The van der Waals surface area contributed by atoms with Gasteiger partial charge in [0.1, 0.15) is 18.0 Å². The van der Waals surface area contributed by atoms with E-state index >= 15 is 4.39 Å². The van der Waals surface area contributed by atoms with Gasteiger partial charge in [0.2, 0.25) is 10.0 Å². The number of carbonyl (C=O) groups is 1. The van der Waals surface area contributed by atoms with E-state index in [1.807, 2.05) is 36.4 Å². The Balaban J connectivity index is 1.47. The molecule has 0 radical (unpaired) electrons. The van der Waals surface area contributed by atoms with Crippen molar-refractivity contribution in [3.05, 3.63) is 112 Å². The minimum atomic E-state index is -3.94. The summed E-state index contributed by atoms with van der Waals surface area (Å²) in [6, 6.07) is 23.8. The largest absolute Gasteiger partial charge is 0.486 e. The van der Waals surface area contributed by atoms with Gasteiger partial charge in [0, 0.05) is 35.2 Å². The zero-order valence-electron chi connectivity index (χ0n) is 23.4. The van der Waals surface area contributed by atoms with Gasteiger partial charge in [0.25, 0.3) is 5.91 Å². The van der Waals surface area contributed by atoms with Crippen molar-refractivity contribution in [2.75, 3.05) is 17.6 Å². The van der Waals surface area contributed by atoms with E-state index in [1.165, 1.54) is 19.2 Å². The molecule has 1 heterocycles. The van der Waals surface area contributed by atoms with E-state index < -0.39 is 15.8 Å². The molecule has 1 amide bonds. The summed E-state index contributed by atoms with van der Waals surface area (Å²) in [6.07, 6.45) is 2.78. The van der Waals surface area contributed by atoms with Gasteiger partial charge in [-0.15, -0.1) is 0 Å². The number of halogens is 2. The number of hydrogen-bond donors (Lipinski definition) is 1.